The van der Waals surface area contributed by atoms with Gasteiger partial charge in [-0.05, 0) is 19.3 Å². The van der Waals surface area contributed by atoms with Crippen molar-refractivity contribution in [2.45, 2.75) is 45.4 Å². The number of hydrogen-bond acceptors (Lipinski definition) is 2. The van der Waals surface area contributed by atoms with Gasteiger partial charge in [-0.2, -0.15) is 0 Å². The highest BCUT2D eigenvalue weighted by Crippen LogP contribution is 2.05. The number of aliphatic carboxylic acids is 1. The molecule has 3 nitrogen and oxygen atoms in total. The van der Waals surface area contributed by atoms with Gasteiger partial charge < -0.3 is 9.90 Å². The van der Waals surface area contributed by atoms with Gasteiger partial charge in [-0.1, -0.05) is 38.3 Å². The number of carboxylic acid groups (broad SMARTS) is 1. The van der Waals surface area contributed by atoms with E-state index in [9.17, 15) is 9.59 Å². The summed E-state index contributed by atoms with van der Waals surface area (Å²) in [5.41, 5.74) is 0. The molecule has 0 saturated heterocycles. The Morgan fingerprint density at radius 3 is 2.53 bits per heavy atom. The molecule has 86 valence electrons. The summed E-state index contributed by atoms with van der Waals surface area (Å²) in [5, 5.41) is 8.58. The van der Waals surface area contributed by atoms with Gasteiger partial charge in [0.15, 0.2) is 0 Å². The van der Waals surface area contributed by atoms with Gasteiger partial charge in [0.2, 0.25) is 0 Å². The van der Waals surface area contributed by atoms with Crippen LogP contribution in [0, 0.1) is 5.92 Å². The smallest absolute Gasteiger partial charge is 0.314 e. The molecule has 1 N–H and O–H groups in total. The molecule has 0 amide bonds. The van der Waals surface area contributed by atoms with Crippen LogP contribution < -0.4 is 0 Å². The first-order valence-corrected chi connectivity index (χ1v) is 5.55. The molecule has 0 aliphatic heterocycles. The summed E-state index contributed by atoms with van der Waals surface area (Å²) in [6, 6.07) is 0. The Kier molecular flexibility index (Phi) is 8.73. The summed E-state index contributed by atoms with van der Waals surface area (Å²) in [5.74, 6) is -1.92. The Morgan fingerprint density at radius 1 is 1.27 bits per heavy atom. The van der Waals surface area contributed by atoms with Crippen LogP contribution in [0.25, 0.3) is 0 Å². The number of hydrogen-bond donors (Lipinski definition) is 1. The quantitative estimate of drug-likeness (QED) is 0.277. The number of aldehydes is 1. The van der Waals surface area contributed by atoms with Crippen LogP contribution in [0.15, 0.2) is 12.2 Å². The molecule has 0 fully saturated rings. The molecule has 0 aromatic heterocycles. The summed E-state index contributed by atoms with van der Waals surface area (Å²) in [7, 11) is 0. The third-order valence-electron chi connectivity index (χ3n) is 2.26. The average molecular weight is 212 g/mol. The second kappa shape index (κ2) is 9.44. The zero-order chi connectivity index (χ0) is 11.5. The predicted molar refractivity (Wildman–Crippen MR) is 59.7 cm³/mol. The fourth-order valence-corrected chi connectivity index (χ4v) is 1.26. The topological polar surface area (TPSA) is 54.4 Å². The maximum absolute atomic E-state index is 10.5. The fraction of sp³-hybridized carbons (Fsp3) is 0.667. The molecule has 0 aliphatic rings. The van der Waals surface area contributed by atoms with E-state index in [0.717, 1.165) is 12.8 Å². The Balaban J connectivity index is 3.52. The summed E-state index contributed by atoms with van der Waals surface area (Å²) in [4.78, 5) is 20.8. The highest BCUT2D eigenvalue weighted by Gasteiger charge is 2.13. The summed E-state index contributed by atoms with van der Waals surface area (Å²) < 4.78 is 0. The van der Waals surface area contributed by atoms with Crippen molar-refractivity contribution in [1.82, 2.24) is 0 Å². The van der Waals surface area contributed by atoms with E-state index in [2.05, 4.69) is 6.92 Å². The first-order valence-electron chi connectivity index (χ1n) is 5.55. The second-order valence-corrected chi connectivity index (χ2v) is 3.64. The fourth-order valence-electron chi connectivity index (χ4n) is 1.26. The Bertz CT molecular complexity index is 209. The molecule has 15 heavy (non-hydrogen) atoms. The van der Waals surface area contributed by atoms with Crippen molar-refractivity contribution in [3.05, 3.63) is 12.2 Å². The molecule has 1 unspecified atom stereocenters. The molecule has 3 heteroatoms. The van der Waals surface area contributed by atoms with Crippen molar-refractivity contribution in [3.63, 3.8) is 0 Å². The van der Waals surface area contributed by atoms with Gasteiger partial charge in [0.05, 0.1) is 0 Å². The lowest BCUT2D eigenvalue weighted by Gasteiger charge is -1.99. The van der Waals surface area contributed by atoms with E-state index >= 15 is 0 Å². The van der Waals surface area contributed by atoms with Crippen LogP contribution >= 0.6 is 0 Å². The normalized spacial score (nSPS) is 12.9. The third kappa shape index (κ3) is 7.91. The van der Waals surface area contributed by atoms with Crippen molar-refractivity contribution >= 4 is 12.3 Å². The number of carboxylic acids is 1. The van der Waals surface area contributed by atoms with Gasteiger partial charge in [-0.3, -0.25) is 4.79 Å². The molecule has 0 bridgehead atoms. The lowest BCUT2D eigenvalue weighted by molar-refractivity contribution is -0.143. The molecule has 0 aromatic carbocycles. The lowest BCUT2D eigenvalue weighted by atomic mass is 10.1. The van der Waals surface area contributed by atoms with Crippen molar-refractivity contribution in [2.75, 3.05) is 0 Å². The van der Waals surface area contributed by atoms with Gasteiger partial charge in [0.1, 0.15) is 12.2 Å². The van der Waals surface area contributed by atoms with Crippen LogP contribution in [-0.4, -0.2) is 17.4 Å². The molecule has 0 heterocycles. The van der Waals surface area contributed by atoms with E-state index in [4.69, 9.17) is 5.11 Å². The van der Waals surface area contributed by atoms with Crippen molar-refractivity contribution in [1.29, 1.82) is 0 Å². The molecule has 0 rings (SSSR count). The number of carbonyl (C=O) groups is 2. The number of unbranched alkanes of at least 4 members (excludes halogenated alkanes) is 4. The predicted octanol–water partition coefficient (Wildman–Crippen LogP) is 2.80. The minimum Gasteiger partial charge on any atom is -0.481 e. The first-order chi connectivity index (χ1) is 7.22. The highest BCUT2D eigenvalue weighted by molar-refractivity contribution is 5.86. The van der Waals surface area contributed by atoms with Crippen molar-refractivity contribution in [2.24, 2.45) is 5.92 Å². The molecule has 0 spiro atoms. The minimum absolute atomic E-state index is 0.312. The van der Waals surface area contributed by atoms with E-state index < -0.39 is 11.9 Å². The van der Waals surface area contributed by atoms with Gasteiger partial charge in [-0.25, -0.2) is 0 Å². The standard InChI is InChI=1S/C12H20O3/c1-2-3-4-5-6-7-8-9-11(10-13)12(14)15/h7-8,10-11H,2-6,9H2,1H3,(H,14,15). The van der Waals surface area contributed by atoms with Crippen LogP contribution in [0.2, 0.25) is 0 Å². The van der Waals surface area contributed by atoms with E-state index in [-0.39, 0.29) is 0 Å². The number of allylic oxidation sites excluding steroid dienone is 2. The molecular weight excluding hydrogens is 192 g/mol. The molecule has 1 atom stereocenters. The van der Waals surface area contributed by atoms with Crippen LogP contribution in [0.4, 0.5) is 0 Å². The lowest BCUT2D eigenvalue weighted by Crippen LogP contribution is -2.13. The maximum Gasteiger partial charge on any atom is 0.314 e. The van der Waals surface area contributed by atoms with E-state index in [1.165, 1.54) is 19.3 Å². The summed E-state index contributed by atoms with van der Waals surface area (Å²) >= 11 is 0. The van der Waals surface area contributed by atoms with Gasteiger partial charge >= 0.3 is 5.97 Å². The average Bonchev–Trinajstić information content (AvgIpc) is 2.21. The van der Waals surface area contributed by atoms with Crippen molar-refractivity contribution in [3.8, 4) is 0 Å². The Hall–Kier alpha value is -1.12. The monoisotopic (exact) mass is 212 g/mol. The van der Waals surface area contributed by atoms with Crippen LogP contribution in [0.3, 0.4) is 0 Å². The number of rotatable bonds is 9. The summed E-state index contributed by atoms with van der Waals surface area (Å²) in [6.07, 6.45) is 10.4. The van der Waals surface area contributed by atoms with E-state index in [1.54, 1.807) is 6.08 Å². The first kappa shape index (κ1) is 13.9. The zero-order valence-electron chi connectivity index (χ0n) is 9.32. The second-order valence-electron chi connectivity index (χ2n) is 3.64. The van der Waals surface area contributed by atoms with Crippen LogP contribution in [0.5, 0.6) is 0 Å². The molecule has 0 radical (unpaired) electrons. The largest absolute Gasteiger partial charge is 0.481 e. The van der Waals surface area contributed by atoms with Crippen LogP contribution in [-0.2, 0) is 9.59 Å². The molecular formula is C12H20O3. The molecule has 0 aromatic rings. The number of carbonyl (C=O) groups excluding carboxylic acids is 1. The van der Waals surface area contributed by atoms with Crippen LogP contribution in [0.1, 0.15) is 45.4 Å². The Morgan fingerprint density at radius 2 is 2.00 bits per heavy atom. The maximum atomic E-state index is 10.5. The SMILES string of the molecule is CCCCCCC=CCC(C=O)C(=O)O. The van der Waals surface area contributed by atoms with E-state index in [0.29, 0.717) is 12.7 Å². The third-order valence-corrected chi connectivity index (χ3v) is 2.26. The summed E-state index contributed by atoms with van der Waals surface area (Å²) in [6.45, 7) is 2.16. The minimum atomic E-state index is -1.04. The van der Waals surface area contributed by atoms with Crippen molar-refractivity contribution < 1.29 is 14.7 Å². The zero-order valence-corrected chi connectivity index (χ0v) is 9.32. The van der Waals surface area contributed by atoms with Gasteiger partial charge in [0.25, 0.3) is 0 Å². The molecule has 0 saturated carbocycles. The highest BCUT2D eigenvalue weighted by atomic mass is 16.4. The van der Waals surface area contributed by atoms with Gasteiger partial charge in [0, 0.05) is 0 Å². The molecule has 0 aliphatic carbocycles. The van der Waals surface area contributed by atoms with Gasteiger partial charge in [-0.15, -0.1) is 0 Å². The Labute approximate surface area is 91.2 Å². The van der Waals surface area contributed by atoms with E-state index in [1.807, 2.05) is 6.08 Å².